The van der Waals surface area contributed by atoms with Crippen LogP contribution in [0.4, 0.5) is 0 Å². The number of aliphatic hydroxyl groups excluding tert-OH is 3. The number of carbonyl (C=O) groups excluding carboxylic acids is 5. The summed E-state index contributed by atoms with van der Waals surface area (Å²) >= 11 is 0. The van der Waals surface area contributed by atoms with Gasteiger partial charge in [-0.1, -0.05) is 71.1 Å². The molecular weight excluding hydrogens is 875 g/mol. The second kappa shape index (κ2) is 27.3. The molecule has 4 rings (SSSR count). The highest BCUT2D eigenvalue weighted by molar-refractivity contribution is 6.39. The van der Waals surface area contributed by atoms with Crippen molar-refractivity contribution in [2.45, 2.75) is 174 Å². The molecule has 0 radical (unpaired) electrons. The first-order valence-corrected chi connectivity index (χ1v) is 25.1. The average molecular weight is 958 g/mol. The van der Waals surface area contributed by atoms with E-state index in [2.05, 4.69) is 0 Å². The van der Waals surface area contributed by atoms with Crippen LogP contribution >= 0.6 is 0 Å². The number of Topliss-reactive ketones (excluding diaryl/α,β-unsaturated/α-hetero) is 3. The van der Waals surface area contributed by atoms with Crippen molar-refractivity contribution in [1.82, 2.24) is 4.90 Å². The van der Waals surface area contributed by atoms with Crippen molar-refractivity contribution in [2.24, 2.45) is 41.4 Å². The van der Waals surface area contributed by atoms with Gasteiger partial charge in [-0.25, -0.2) is 4.79 Å². The van der Waals surface area contributed by atoms with Crippen molar-refractivity contribution in [3.63, 3.8) is 0 Å². The number of ether oxygens (including phenoxy) is 5. The zero-order valence-corrected chi connectivity index (χ0v) is 42.2. The number of hydrogen-bond donors (Lipinski definition) is 4. The number of cyclic esters (lactones) is 1. The number of ketones is 3. The van der Waals surface area contributed by atoms with Gasteiger partial charge >= 0.3 is 5.97 Å². The Kier molecular flexibility index (Phi) is 22.9. The number of rotatable bonds is 9. The largest absolute Gasteiger partial charge is 0.460 e. The summed E-state index contributed by atoms with van der Waals surface area (Å²) in [5.41, 5.74) is 1.22. The van der Waals surface area contributed by atoms with Gasteiger partial charge in [0.05, 0.1) is 56.3 Å². The Morgan fingerprint density at radius 1 is 0.868 bits per heavy atom. The molecule has 1 amide bonds. The standard InChI is InChI=1S/C53H83NO14/c1-32-15-11-10-12-16-33(2)45(64-8)29-40-20-18-38(7)53(63,68-40)50(60)51(61)54-22-14-13-17-42(54)52(62)67-46(35(4)27-39-19-21-44(66-24-23-55)47(28-39)65-9)30-43(57)34(3)26-37(6)49(59)41(31-56)48(58)36(5)25-32/h10-12,15-16,26,32,34-36,38-42,44-47,49,55-56,59,63H,13-14,17-25,27-31H2,1-9H3/b12-10+,15-11+,33-16+,37-26+/t32-,34-,35-,36-,38-,39+,40+,41+,42+,44-,45+,46+,47-,49-,53-/m1/s1. The number of esters is 1. The fourth-order valence-corrected chi connectivity index (χ4v) is 10.6. The molecule has 0 spiro atoms. The quantitative estimate of drug-likeness (QED) is 0.122. The Balaban J connectivity index is 1.70. The van der Waals surface area contributed by atoms with Crippen molar-refractivity contribution < 1.29 is 68.1 Å². The number of allylic oxidation sites excluding steroid dienone is 6. The SMILES string of the molecule is CO[C@H]1C[C@@H]2CC[C@@H](C)[C@@](O)(O2)C(=O)C(=O)N2CCCC[C@H]2C(=O)O[C@H]([C@H](C)C[C@@H]2CC[C@@H](OCCO)[C@H](OC)C2)CC(=O)[C@H](C)/C=C(\C)[C@@H](O)[C@@H](CO)C(=O)[C@H](C)C[C@H](C)/C=C/C=C/C=C/1C. The minimum atomic E-state index is -2.44. The molecule has 15 heteroatoms. The van der Waals surface area contributed by atoms with E-state index in [1.54, 1.807) is 48.0 Å². The maximum Gasteiger partial charge on any atom is 0.329 e. The van der Waals surface area contributed by atoms with Gasteiger partial charge in [-0.2, -0.15) is 0 Å². The molecule has 0 unspecified atom stereocenters. The molecule has 2 bridgehead atoms. The van der Waals surface area contributed by atoms with Gasteiger partial charge in [0, 0.05) is 51.4 Å². The summed E-state index contributed by atoms with van der Waals surface area (Å²) in [5.74, 6) is -9.26. The molecule has 0 aromatic carbocycles. The zero-order chi connectivity index (χ0) is 50.3. The molecule has 4 N–H and O–H groups in total. The van der Waals surface area contributed by atoms with Crippen LogP contribution in [0, 0.1) is 41.4 Å². The number of aliphatic hydroxyl groups is 4. The smallest absolute Gasteiger partial charge is 0.329 e. The summed E-state index contributed by atoms with van der Waals surface area (Å²) in [4.78, 5) is 72.0. The number of hydrogen-bond acceptors (Lipinski definition) is 14. The van der Waals surface area contributed by atoms with E-state index in [9.17, 15) is 44.4 Å². The molecule has 3 aliphatic heterocycles. The van der Waals surface area contributed by atoms with Gasteiger partial charge in [0.1, 0.15) is 23.7 Å². The highest BCUT2D eigenvalue weighted by Gasteiger charge is 2.53. The van der Waals surface area contributed by atoms with Crippen molar-refractivity contribution >= 4 is 29.2 Å². The molecule has 15 atom stereocenters. The van der Waals surface area contributed by atoms with Crippen LogP contribution in [0.25, 0.3) is 0 Å². The van der Waals surface area contributed by atoms with Crippen LogP contribution < -0.4 is 0 Å². The van der Waals surface area contributed by atoms with Gasteiger partial charge in [-0.05, 0) is 107 Å². The summed E-state index contributed by atoms with van der Waals surface area (Å²) in [5, 5.41) is 43.1. The van der Waals surface area contributed by atoms with Gasteiger partial charge in [0.15, 0.2) is 0 Å². The summed E-state index contributed by atoms with van der Waals surface area (Å²) < 4.78 is 29.9. The Hall–Kier alpha value is -3.41. The van der Waals surface area contributed by atoms with E-state index in [1.165, 1.54) is 4.90 Å². The molecule has 4 aliphatic rings. The van der Waals surface area contributed by atoms with Crippen LogP contribution in [0.5, 0.6) is 0 Å². The summed E-state index contributed by atoms with van der Waals surface area (Å²) in [7, 11) is 3.19. The number of fused-ring (bicyclic) bond motifs is 3. The van der Waals surface area contributed by atoms with Gasteiger partial charge in [0.25, 0.3) is 11.7 Å². The van der Waals surface area contributed by atoms with Crippen molar-refractivity contribution in [1.29, 1.82) is 0 Å². The van der Waals surface area contributed by atoms with Crippen LogP contribution in [0.2, 0.25) is 0 Å². The van der Waals surface area contributed by atoms with Crippen LogP contribution in [-0.4, -0.2) is 144 Å². The summed E-state index contributed by atoms with van der Waals surface area (Å²) in [6.45, 7) is 12.1. The number of nitrogens with zero attached hydrogens (tertiary/aromatic N) is 1. The Labute approximate surface area is 404 Å². The second-order valence-electron chi connectivity index (χ2n) is 20.3. The number of carbonyl (C=O) groups is 5. The molecule has 384 valence electrons. The first-order chi connectivity index (χ1) is 32.3. The Morgan fingerprint density at radius 3 is 2.28 bits per heavy atom. The maximum atomic E-state index is 14.4. The maximum absolute atomic E-state index is 14.4. The lowest BCUT2D eigenvalue weighted by molar-refractivity contribution is -0.265. The Bertz CT molecular complexity index is 1810. The highest BCUT2D eigenvalue weighted by atomic mass is 16.6. The second-order valence-corrected chi connectivity index (χ2v) is 20.3. The summed E-state index contributed by atoms with van der Waals surface area (Å²) in [6, 6.07) is -1.15. The number of amides is 1. The molecule has 2 saturated heterocycles. The third-order valence-electron chi connectivity index (χ3n) is 15.0. The summed E-state index contributed by atoms with van der Waals surface area (Å²) in [6.07, 6.45) is 12.8. The predicted octanol–water partition coefficient (Wildman–Crippen LogP) is 5.79. The van der Waals surface area contributed by atoms with Gasteiger partial charge < -0.3 is 49.0 Å². The van der Waals surface area contributed by atoms with Crippen LogP contribution in [-0.2, 0) is 47.7 Å². The predicted molar refractivity (Wildman–Crippen MR) is 256 cm³/mol. The average Bonchev–Trinajstić information content (AvgIpc) is 3.32. The van der Waals surface area contributed by atoms with Crippen molar-refractivity contribution in [2.75, 3.05) is 40.6 Å². The minimum Gasteiger partial charge on any atom is -0.460 e. The number of methoxy groups -OCH3 is 2. The van der Waals surface area contributed by atoms with Crippen molar-refractivity contribution in [3.8, 4) is 0 Å². The lowest BCUT2D eigenvalue weighted by atomic mass is 9.78. The molecular formula is C53H83NO14. The topological polar surface area (TPSA) is 216 Å². The molecule has 68 heavy (non-hydrogen) atoms. The third-order valence-corrected chi connectivity index (χ3v) is 15.0. The molecule has 0 aromatic rings. The monoisotopic (exact) mass is 958 g/mol. The van der Waals surface area contributed by atoms with Crippen molar-refractivity contribution in [3.05, 3.63) is 47.6 Å². The molecule has 15 nitrogen and oxygen atoms in total. The molecule has 1 aliphatic carbocycles. The highest BCUT2D eigenvalue weighted by Crippen LogP contribution is 2.38. The lowest BCUT2D eigenvalue weighted by Crippen LogP contribution is -2.61. The van der Waals surface area contributed by atoms with E-state index < -0.39 is 84.2 Å². The molecule has 3 fully saturated rings. The van der Waals surface area contributed by atoms with Crippen LogP contribution in [0.1, 0.15) is 126 Å². The van der Waals surface area contributed by atoms with E-state index in [4.69, 9.17) is 23.7 Å². The zero-order valence-electron chi connectivity index (χ0n) is 42.2. The molecule has 1 saturated carbocycles. The fourth-order valence-electron chi connectivity index (χ4n) is 10.6. The van der Waals surface area contributed by atoms with Gasteiger partial charge in [-0.15, -0.1) is 0 Å². The van der Waals surface area contributed by atoms with E-state index in [-0.39, 0.29) is 74.1 Å². The van der Waals surface area contributed by atoms with E-state index in [1.807, 2.05) is 51.2 Å². The fraction of sp³-hybridized carbons (Fsp3) is 0.755. The first kappa shape index (κ1) is 57.2. The van der Waals surface area contributed by atoms with E-state index >= 15 is 0 Å². The van der Waals surface area contributed by atoms with Crippen LogP contribution in [0.15, 0.2) is 47.6 Å². The minimum absolute atomic E-state index is 0.0103. The normalized spacial score (nSPS) is 39.2. The van der Waals surface area contributed by atoms with Crippen LogP contribution in [0.3, 0.4) is 0 Å². The third kappa shape index (κ3) is 15.3. The lowest BCUT2D eigenvalue weighted by Gasteiger charge is -2.42. The molecule has 3 heterocycles. The van der Waals surface area contributed by atoms with E-state index in [0.29, 0.717) is 63.4 Å². The van der Waals surface area contributed by atoms with Gasteiger partial charge in [0.2, 0.25) is 5.79 Å². The van der Waals surface area contributed by atoms with Gasteiger partial charge in [-0.3, -0.25) is 19.2 Å². The molecule has 0 aromatic heterocycles. The number of piperidine rings is 1. The van der Waals surface area contributed by atoms with E-state index in [0.717, 1.165) is 12.0 Å². The first-order valence-electron chi connectivity index (χ1n) is 25.1. The Morgan fingerprint density at radius 2 is 1.60 bits per heavy atom.